The highest BCUT2D eigenvalue weighted by atomic mass is 35.5. The molecule has 0 aliphatic heterocycles. The Morgan fingerprint density at radius 2 is 1.56 bits per heavy atom. The fraction of sp³-hybridized carbons (Fsp3) is 0.0357. The molecule has 4 aromatic carbocycles. The second-order valence-electron chi connectivity index (χ2n) is 7.30. The van der Waals surface area contributed by atoms with Gasteiger partial charge in [0.2, 0.25) is 0 Å². The van der Waals surface area contributed by atoms with E-state index in [1.54, 1.807) is 36.5 Å². The number of allylic oxidation sites excluding steroid dienone is 1. The summed E-state index contributed by atoms with van der Waals surface area (Å²) in [5.74, 6) is 1.28. The lowest BCUT2D eigenvalue weighted by Gasteiger charge is -2.09. The molecule has 0 aliphatic rings. The predicted molar refractivity (Wildman–Crippen MR) is 132 cm³/mol. The summed E-state index contributed by atoms with van der Waals surface area (Å²) in [5.41, 5.74) is 1.52. The first kappa shape index (κ1) is 23.1. The molecule has 0 saturated heterocycles. The molecule has 0 unspecified atom stereocenters. The van der Waals surface area contributed by atoms with Crippen molar-refractivity contribution in [2.45, 2.75) is 6.61 Å². The van der Waals surface area contributed by atoms with E-state index in [1.165, 1.54) is 18.2 Å². The fourth-order valence-electron chi connectivity index (χ4n) is 3.12. The van der Waals surface area contributed by atoms with Gasteiger partial charge in [-0.1, -0.05) is 48.0 Å². The molecule has 0 radical (unpaired) electrons. The molecule has 0 aliphatic carbocycles. The second-order valence-corrected chi connectivity index (χ2v) is 7.71. The Labute approximate surface area is 202 Å². The van der Waals surface area contributed by atoms with E-state index in [2.05, 4.69) is 5.32 Å². The zero-order valence-corrected chi connectivity index (χ0v) is 18.8. The first-order chi connectivity index (χ1) is 16.6. The fourth-order valence-corrected chi connectivity index (χ4v) is 3.34. The molecule has 4 nitrogen and oxygen atoms in total. The van der Waals surface area contributed by atoms with Crippen LogP contribution in [-0.2, 0) is 6.61 Å². The second kappa shape index (κ2) is 11.2. The van der Waals surface area contributed by atoms with Crippen molar-refractivity contribution in [2.75, 3.05) is 5.32 Å². The Kier molecular flexibility index (Phi) is 7.58. The van der Waals surface area contributed by atoms with Crippen LogP contribution in [0.1, 0.15) is 15.9 Å². The number of hydrogen-bond donors (Lipinski definition) is 1. The number of ether oxygens (including phenoxy) is 2. The van der Waals surface area contributed by atoms with Gasteiger partial charge in [-0.15, -0.1) is 0 Å². The van der Waals surface area contributed by atoms with Crippen molar-refractivity contribution in [1.29, 1.82) is 0 Å². The summed E-state index contributed by atoms with van der Waals surface area (Å²) in [5, 5.41) is 3.36. The number of halogens is 2. The number of ketones is 1. The molecular weight excluding hydrogens is 453 g/mol. The minimum Gasteiger partial charge on any atom is -0.489 e. The monoisotopic (exact) mass is 473 g/mol. The maximum absolute atomic E-state index is 13.9. The number of rotatable bonds is 9. The van der Waals surface area contributed by atoms with Crippen LogP contribution in [0.2, 0.25) is 5.02 Å². The third kappa shape index (κ3) is 6.24. The van der Waals surface area contributed by atoms with Gasteiger partial charge in [0, 0.05) is 29.1 Å². The summed E-state index contributed by atoms with van der Waals surface area (Å²) in [7, 11) is 0. The quantitative estimate of drug-likeness (QED) is 0.200. The number of nitrogens with one attached hydrogen (secondary N) is 1. The van der Waals surface area contributed by atoms with Gasteiger partial charge in [0.15, 0.2) is 5.78 Å². The molecule has 0 saturated carbocycles. The number of benzene rings is 4. The zero-order chi connectivity index (χ0) is 23.8. The first-order valence-electron chi connectivity index (χ1n) is 10.5. The summed E-state index contributed by atoms with van der Waals surface area (Å²) < 4.78 is 25.3. The molecule has 0 spiro atoms. The highest BCUT2D eigenvalue weighted by Crippen LogP contribution is 2.24. The van der Waals surface area contributed by atoms with Crippen LogP contribution < -0.4 is 14.8 Å². The van der Waals surface area contributed by atoms with Crippen molar-refractivity contribution in [3.8, 4) is 17.2 Å². The average molecular weight is 474 g/mol. The minimum absolute atomic E-state index is 0.0372. The van der Waals surface area contributed by atoms with Gasteiger partial charge in [-0.3, -0.25) is 4.79 Å². The maximum Gasteiger partial charge on any atom is 0.187 e. The molecule has 0 fully saturated rings. The third-order valence-corrected chi connectivity index (χ3v) is 5.24. The largest absolute Gasteiger partial charge is 0.489 e. The maximum atomic E-state index is 13.9. The Bertz CT molecular complexity index is 1270. The van der Waals surface area contributed by atoms with Crippen molar-refractivity contribution in [3.63, 3.8) is 0 Å². The number of anilines is 1. The van der Waals surface area contributed by atoms with E-state index in [0.717, 1.165) is 11.4 Å². The number of hydrogen-bond acceptors (Lipinski definition) is 4. The minimum atomic E-state index is -0.437. The third-order valence-electron chi connectivity index (χ3n) is 4.88. The summed E-state index contributed by atoms with van der Waals surface area (Å²) >= 11 is 6.03. The SMILES string of the molecule is O=C(C=CNc1ccc(Oc2ccccc2)cc1)c1cccc(OCc2c(F)cccc2Cl)c1. The van der Waals surface area contributed by atoms with Crippen LogP contribution in [-0.4, -0.2) is 5.78 Å². The number of para-hydroxylation sites is 1. The standard InChI is InChI=1S/C28H21ClFNO3/c29-26-10-5-11-27(30)25(26)19-33-24-9-4-6-20(18-24)28(32)16-17-31-21-12-14-23(15-13-21)34-22-7-2-1-3-8-22/h1-18,31H,19H2. The molecule has 0 heterocycles. The molecule has 4 aromatic rings. The summed E-state index contributed by atoms with van der Waals surface area (Å²) in [6, 6.07) is 28.1. The van der Waals surface area contributed by atoms with Crippen molar-refractivity contribution in [1.82, 2.24) is 0 Å². The van der Waals surface area contributed by atoms with E-state index in [0.29, 0.717) is 22.1 Å². The predicted octanol–water partition coefficient (Wildman–Crippen LogP) is 7.66. The highest BCUT2D eigenvalue weighted by Gasteiger charge is 2.09. The van der Waals surface area contributed by atoms with E-state index < -0.39 is 5.82 Å². The topological polar surface area (TPSA) is 47.6 Å². The van der Waals surface area contributed by atoms with Gasteiger partial charge < -0.3 is 14.8 Å². The molecule has 0 aromatic heterocycles. The number of carbonyl (C=O) groups excluding carboxylic acids is 1. The molecule has 4 rings (SSSR count). The lowest BCUT2D eigenvalue weighted by molar-refractivity contribution is 0.104. The van der Waals surface area contributed by atoms with Gasteiger partial charge in [-0.2, -0.15) is 0 Å². The first-order valence-corrected chi connectivity index (χ1v) is 10.9. The van der Waals surface area contributed by atoms with Crippen LogP contribution in [0.4, 0.5) is 10.1 Å². The van der Waals surface area contributed by atoms with Crippen molar-refractivity contribution in [3.05, 3.63) is 131 Å². The molecule has 34 heavy (non-hydrogen) atoms. The average Bonchev–Trinajstić information content (AvgIpc) is 2.85. The molecular formula is C28H21ClFNO3. The van der Waals surface area contributed by atoms with Crippen molar-refractivity contribution >= 4 is 23.1 Å². The summed E-state index contributed by atoms with van der Waals surface area (Å²) in [4.78, 5) is 12.5. The Morgan fingerprint density at radius 1 is 0.853 bits per heavy atom. The van der Waals surface area contributed by atoms with Gasteiger partial charge >= 0.3 is 0 Å². The van der Waals surface area contributed by atoms with Crippen molar-refractivity contribution < 1.29 is 18.7 Å². The summed E-state index contributed by atoms with van der Waals surface area (Å²) in [6.45, 7) is -0.0372. The van der Waals surface area contributed by atoms with E-state index in [4.69, 9.17) is 21.1 Å². The van der Waals surface area contributed by atoms with Crippen LogP contribution in [0.25, 0.3) is 0 Å². The van der Waals surface area contributed by atoms with E-state index in [-0.39, 0.29) is 18.0 Å². The van der Waals surface area contributed by atoms with E-state index >= 15 is 0 Å². The van der Waals surface area contributed by atoms with Gasteiger partial charge in [0.1, 0.15) is 29.7 Å². The normalized spacial score (nSPS) is 10.8. The van der Waals surface area contributed by atoms with Gasteiger partial charge in [0.05, 0.1) is 5.02 Å². The number of carbonyl (C=O) groups is 1. The Balaban J connectivity index is 1.32. The van der Waals surface area contributed by atoms with Gasteiger partial charge in [0.25, 0.3) is 0 Å². The van der Waals surface area contributed by atoms with E-state index in [9.17, 15) is 9.18 Å². The van der Waals surface area contributed by atoms with Crippen LogP contribution in [0.3, 0.4) is 0 Å². The van der Waals surface area contributed by atoms with E-state index in [1.807, 2.05) is 54.6 Å². The Morgan fingerprint density at radius 3 is 2.32 bits per heavy atom. The molecule has 0 bridgehead atoms. The van der Waals surface area contributed by atoms with Crippen molar-refractivity contribution in [2.24, 2.45) is 0 Å². The lowest BCUT2D eigenvalue weighted by Crippen LogP contribution is -2.01. The molecule has 0 amide bonds. The van der Waals surface area contributed by atoms with Gasteiger partial charge in [-0.05, 0) is 60.7 Å². The lowest BCUT2D eigenvalue weighted by atomic mass is 10.1. The highest BCUT2D eigenvalue weighted by molar-refractivity contribution is 6.31. The van der Waals surface area contributed by atoms with Crippen LogP contribution >= 0.6 is 11.6 Å². The van der Waals surface area contributed by atoms with Crippen LogP contribution in [0, 0.1) is 5.82 Å². The molecule has 0 atom stereocenters. The molecule has 1 N–H and O–H groups in total. The van der Waals surface area contributed by atoms with Gasteiger partial charge in [-0.25, -0.2) is 4.39 Å². The zero-order valence-electron chi connectivity index (χ0n) is 18.1. The molecule has 6 heteroatoms. The smallest absolute Gasteiger partial charge is 0.187 e. The Hall–Kier alpha value is -4.09. The van der Waals surface area contributed by atoms with Crippen LogP contribution in [0.5, 0.6) is 17.2 Å². The van der Waals surface area contributed by atoms with Crippen LogP contribution in [0.15, 0.2) is 109 Å². The summed E-state index contributed by atoms with van der Waals surface area (Å²) in [6.07, 6.45) is 3.00. The molecule has 170 valence electrons.